The van der Waals surface area contributed by atoms with E-state index in [1.807, 2.05) is 64.1 Å². The van der Waals surface area contributed by atoms with Crippen molar-refractivity contribution in [2.45, 2.75) is 79.0 Å². The Morgan fingerprint density at radius 3 is 2.41 bits per heavy atom. The molecule has 10 heteroatoms. The summed E-state index contributed by atoms with van der Waals surface area (Å²) in [4.78, 5) is 53.9. The minimum absolute atomic E-state index is 0.113. The van der Waals surface area contributed by atoms with Crippen LogP contribution in [-0.2, 0) is 30.3 Å². The zero-order chi connectivity index (χ0) is 29.4. The first kappa shape index (κ1) is 32.6. The number of halogens is 1. The lowest BCUT2D eigenvalue weighted by Crippen LogP contribution is -2.56. The number of nitrogens with zero attached hydrogens (tertiary/aromatic N) is 1. The van der Waals surface area contributed by atoms with Crippen LogP contribution in [0.25, 0.3) is 0 Å². The van der Waals surface area contributed by atoms with Gasteiger partial charge >= 0.3 is 5.97 Å². The van der Waals surface area contributed by atoms with E-state index < -0.39 is 29.9 Å². The van der Waals surface area contributed by atoms with Gasteiger partial charge in [-0.05, 0) is 78.8 Å². The largest absolute Gasteiger partial charge is 0.507 e. The number of rotatable bonds is 3. The number of amides is 3. The summed E-state index contributed by atoms with van der Waals surface area (Å²) in [7, 11) is 1.50. The summed E-state index contributed by atoms with van der Waals surface area (Å²) >= 11 is 1.99. The Kier molecular flexibility index (Phi) is 12.3. The second kappa shape index (κ2) is 14.7. The molecule has 216 valence electrons. The van der Waals surface area contributed by atoms with Gasteiger partial charge in [-0.25, -0.2) is 4.79 Å². The molecule has 0 bridgehead atoms. The molecule has 1 aliphatic rings. The highest BCUT2D eigenvalue weighted by Crippen LogP contribution is 2.22. The fourth-order valence-electron chi connectivity index (χ4n) is 4.73. The zero-order valence-electron chi connectivity index (χ0n) is 23.9. The molecule has 1 heterocycles. The number of carbonyl (C=O) groups excluding carboxylic acids is 4. The number of carbonyl (C=O) groups is 4. The molecule has 39 heavy (non-hydrogen) atoms. The molecule has 2 rings (SSSR count). The SMILES string of the molecule is C/C1=C/[C@H](C)C[C@H](C)OC(=O)[C@H](C(C)C)NC(=O)[C@H](Cc2ccc(O)c(I)c2)N(C)C(=O)CNC(=O)[C@@H](C)C1. The first-order valence-electron chi connectivity index (χ1n) is 13.4. The number of allylic oxidation sites excluding steroid dienone is 2. The normalized spacial score (nSPS) is 28.1. The maximum Gasteiger partial charge on any atom is 0.329 e. The molecular weight excluding hydrogens is 613 g/mol. The van der Waals surface area contributed by atoms with E-state index in [2.05, 4.69) is 16.7 Å². The van der Waals surface area contributed by atoms with Gasteiger partial charge in [0.2, 0.25) is 17.7 Å². The van der Waals surface area contributed by atoms with Crippen LogP contribution >= 0.6 is 22.6 Å². The number of ether oxygens (including phenoxy) is 1. The number of phenols is 1. The van der Waals surface area contributed by atoms with Gasteiger partial charge in [-0.15, -0.1) is 0 Å². The van der Waals surface area contributed by atoms with E-state index in [4.69, 9.17) is 4.74 Å². The first-order valence-corrected chi connectivity index (χ1v) is 14.5. The summed E-state index contributed by atoms with van der Waals surface area (Å²) in [5, 5.41) is 15.4. The lowest BCUT2D eigenvalue weighted by molar-refractivity contribution is -0.154. The smallest absolute Gasteiger partial charge is 0.329 e. The quantitative estimate of drug-likeness (QED) is 0.260. The maximum atomic E-state index is 13.6. The fourth-order valence-corrected chi connectivity index (χ4v) is 5.31. The average molecular weight is 656 g/mol. The predicted molar refractivity (Wildman–Crippen MR) is 158 cm³/mol. The molecule has 0 saturated heterocycles. The minimum Gasteiger partial charge on any atom is -0.507 e. The number of esters is 1. The Labute approximate surface area is 245 Å². The van der Waals surface area contributed by atoms with Crippen molar-refractivity contribution in [2.24, 2.45) is 17.8 Å². The molecule has 1 aromatic carbocycles. The number of cyclic esters (lactones) is 1. The second-order valence-corrected chi connectivity index (χ2v) is 12.2. The van der Waals surface area contributed by atoms with Crippen molar-refractivity contribution < 1.29 is 29.0 Å². The lowest BCUT2D eigenvalue weighted by Gasteiger charge is -2.31. The summed E-state index contributed by atoms with van der Waals surface area (Å²) in [5.74, 6) is -2.08. The van der Waals surface area contributed by atoms with Crippen LogP contribution in [0.2, 0.25) is 0 Å². The molecule has 0 radical (unpaired) electrons. The number of hydrogen-bond donors (Lipinski definition) is 3. The van der Waals surface area contributed by atoms with Crippen LogP contribution in [0.5, 0.6) is 5.75 Å². The summed E-state index contributed by atoms with van der Waals surface area (Å²) in [5.41, 5.74) is 1.77. The Balaban J connectivity index is 2.43. The third kappa shape index (κ3) is 9.81. The van der Waals surface area contributed by atoms with Gasteiger partial charge in [0.05, 0.1) is 16.2 Å². The Bertz CT molecular complexity index is 1090. The van der Waals surface area contributed by atoms with Gasteiger partial charge in [-0.2, -0.15) is 0 Å². The van der Waals surface area contributed by atoms with E-state index in [-0.39, 0.29) is 48.5 Å². The monoisotopic (exact) mass is 655 g/mol. The summed E-state index contributed by atoms with van der Waals surface area (Å²) in [6, 6.07) is 3.08. The van der Waals surface area contributed by atoms with Crippen molar-refractivity contribution >= 4 is 46.3 Å². The molecule has 0 fully saturated rings. The van der Waals surface area contributed by atoms with E-state index in [9.17, 15) is 24.3 Å². The first-order chi connectivity index (χ1) is 18.2. The molecule has 1 aromatic rings. The molecule has 0 spiro atoms. The topological polar surface area (TPSA) is 125 Å². The highest BCUT2D eigenvalue weighted by molar-refractivity contribution is 14.1. The van der Waals surface area contributed by atoms with Gasteiger partial charge in [0.15, 0.2) is 0 Å². The van der Waals surface area contributed by atoms with Crippen LogP contribution in [0.4, 0.5) is 0 Å². The second-order valence-electron chi connectivity index (χ2n) is 11.0. The number of benzene rings is 1. The van der Waals surface area contributed by atoms with Crippen LogP contribution in [-0.4, -0.2) is 65.5 Å². The maximum absolute atomic E-state index is 13.6. The molecule has 0 saturated carbocycles. The highest BCUT2D eigenvalue weighted by Gasteiger charge is 2.33. The van der Waals surface area contributed by atoms with Crippen molar-refractivity contribution in [2.75, 3.05) is 13.6 Å². The fraction of sp³-hybridized carbons (Fsp3) is 0.586. The van der Waals surface area contributed by atoms with Crippen LogP contribution in [0.3, 0.4) is 0 Å². The molecule has 0 unspecified atom stereocenters. The van der Waals surface area contributed by atoms with Crippen LogP contribution in [0.15, 0.2) is 29.8 Å². The molecular formula is C29H42IN3O6. The third-order valence-electron chi connectivity index (χ3n) is 6.90. The van der Waals surface area contributed by atoms with E-state index in [0.29, 0.717) is 16.4 Å². The number of likely N-dealkylation sites (N-methyl/N-ethyl adjacent to an activating group) is 1. The minimum atomic E-state index is -0.970. The molecule has 5 atom stereocenters. The van der Waals surface area contributed by atoms with Crippen molar-refractivity contribution in [3.63, 3.8) is 0 Å². The van der Waals surface area contributed by atoms with Crippen molar-refractivity contribution in [3.8, 4) is 5.75 Å². The van der Waals surface area contributed by atoms with Gasteiger partial charge in [-0.1, -0.05) is 45.4 Å². The predicted octanol–water partition coefficient (Wildman–Crippen LogP) is 3.57. The standard InChI is InChI=1S/C29H42IN3O6/c1-16(2)26-29(38)39-20(6)12-18(4)10-17(3)11-19(5)27(36)31-15-25(35)33(7)23(28(37)32-26)14-21-8-9-24(34)22(30)13-21/h8-10,13,16,18-20,23,26,34H,11-12,14-15H2,1-7H3,(H,31,36)(H,32,37)/b17-10-/t18-,19-,20-,23-,26-/m0/s1. The van der Waals surface area contributed by atoms with Crippen molar-refractivity contribution in [1.82, 2.24) is 15.5 Å². The molecule has 1 aliphatic heterocycles. The number of nitrogens with one attached hydrogen (secondary N) is 2. The molecule has 9 nitrogen and oxygen atoms in total. The van der Waals surface area contributed by atoms with Gasteiger partial charge in [-0.3, -0.25) is 14.4 Å². The Morgan fingerprint density at radius 1 is 1.13 bits per heavy atom. The van der Waals surface area contributed by atoms with Crippen molar-refractivity contribution in [3.05, 3.63) is 39.0 Å². The molecule has 3 amide bonds. The Hall–Kier alpha value is -2.63. The summed E-state index contributed by atoms with van der Waals surface area (Å²) in [6.45, 7) is 11.0. The number of aromatic hydroxyl groups is 1. The van der Waals surface area contributed by atoms with E-state index >= 15 is 0 Å². The third-order valence-corrected chi connectivity index (χ3v) is 7.77. The lowest BCUT2D eigenvalue weighted by atomic mass is 9.95. The Morgan fingerprint density at radius 2 is 1.79 bits per heavy atom. The van der Waals surface area contributed by atoms with Gasteiger partial charge in [0.1, 0.15) is 17.8 Å². The summed E-state index contributed by atoms with van der Waals surface area (Å²) in [6.07, 6.45) is 2.98. The van der Waals surface area contributed by atoms with Crippen LogP contribution in [0, 0.1) is 21.3 Å². The van der Waals surface area contributed by atoms with Crippen molar-refractivity contribution in [1.29, 1.82) is 0 Å². The van der Waals surface area contributed by atoms with E-state index in [1.165, 1.54) is 18.0 Å². The van der Waals surface area contributed by atoms with Gasteiger partial charge in [0, 0.05) is 19.4 Å². The van der Waals surface area contributed by atoms with E-state index in [1.54, 1.807) is 12.1 Å². The van der Waals surface area contributed by atoms with Crippen LogP contribution in [0.1, 0.15) is 59.9 Å². The average Bonchev–Trinajstić information content (AvgIpc) is 2.84. The van der Waals surface area contributed by atoms with Crippen LogP contribution < -0.4 is 10.6 Å². The number of hydrogen-bond acceptors (Lipinski definition) is 6. The molecule has 0 aliphatic carbocycles. The highest BCUT2D eigenvalue weighted by atomic mass is 127. The van der Waals surface area contributed by atoms with Gasteiger partial charge in [0.25, 0.3) is 0 Å². The van der Waals surface area contributed by atoms with Gasteiger partial charge < -0.3 is 25.4 Å². The summed E-state index contributed by atoms with van der Waals surface area (Å²) < 4.78 is 6.34. The molecule has 0 aromatic heterocycles. The molecule has 3 N–H and O–H groups in total. The number of phenolic OH excluding ortho intramolecular Hbond substituents is 1. The van der Waals surface area contributed by atoms with E-state index in [0.717, 1.165) is 11.1 Å². The zero-order valence-corrected chi connectivity index (χ0v) is 26.1.